The molecular formula is C18H25NO5. The summed E-state index contributed by atoms with van der Waals surface area (Å²) in [6.45, 7) is 3.89. The molecule has 2 fully saturated rings. The van der Waals surface area contributed by atoms with Crippen molar-refractivity contribution in [2.24, 2.45) is 0 Å². The number of carbonyl (C=O) groups excluding carboxylic acids is 1. The molecule has 1 aromatic carbocycles. The molecule has 1 amide bonds. The van der Waals surface area contributed by atoms with E-state index in [0.717, 1.165) is 31.4 Å². The first kappa shape index (κ1) is 17.0. The number of rotatable bonds is 5. The van der Waals surface area contributed by atoms with Crippen molar-refractivity contribution >= 4 is 5.91 Å². The number of likely N-dealkylation sites (tertiary alicyclic amines) is 1. The molecule has 1 atom stereocenters. The second-order valence-electron chi connectivity index (χ2n) is 6.20. The summed E-state index contributed by atoms with van der Waals surface area (Å²) in [5.74, 6) is 1.18. The predicted octanol–water partition coefficient (Wildman–Crippen LogP) is 2.14. The van der Waals surface area contributed by atoms with Gasteiger partial charge in [-0.1, -0.05) is 6.07 Å². The lowest BCUT2D eigenvalue weighted by molar-refractivity contribution is -0.152. The van der Waals surface area contributed by atoms with E-state index < -0.39 is 0 Å². The lowest BCUT2D eigenvalue weighted by Gasteiger charge is -2.37. The number of aryl methyl sites for hydroxylation is 1. The molecule has 0 saturated carbocycles. The summed E-state index contributed by atoms with van der Waals surface area (Å²) in [5.41, 5.74) is 1.08. The Balaban J connectivity index is 1.62. The lowest BCUT2D eigenvalue weighted by atomic mass is 10.0. The number of hydrogen-bond donors (Lipinski definition) is 0. The van der Waals surface area contributed by atoms with Gasteiger partial charge in [0.15, 0.2) is 24.4 Å². The second-order valence-corrected chi connectivity index (χ2v) is 6.20. The molecule has 0 spiro atoms. The molecule has 0 aliphatic carbocycles. The molecule has 0 radical (unpaired) electrons. The normalized spacial score (nSPS) is 21.8. The zero-order valence-electron chi connectivity index (χ0n) is 14.3. The fourth-order valence-corrected chi connectivity index (χ4v) is 3.27. The van der Waals surface area contributed by atoms with Gasteiger partial charge in [-0.25, -0.2) is 0 Å². The van der Waals surface area contributed by atoms with Crippen LogP contribution in [0.15, 0.2) is 18.2 Å². The van der Waals surface area contributed by atoms with Crippen molar-refractivity contribution < 1.29 is 23.7 Å². The van der Waals surface area contributed by atoms with Crippen molar-refractivity contribution in [3.63, 3.8) is 0 Å². The van der Waals surface area contributed by atoms with Crippen LogP contribution in [0.1, 0.15) is 24.8 Å². The van der Waals surface area contributed by atoms with Crippen molar-refractivity contribution in [2.45, 2.75) is 38.5 Å². The molecule has 0 bridgehead atoms. The Morgan fingerprint density at radius 3 is 2.79 bits per heavy atom. The Morgan fingerprint density at radius 2 is 2.04 bits per heavy atom. The number of ether oxygens (including phenoxy) is 4. The van der Waals surface area contributed by atoms with Gasteiger partial charge in [0.1, 0.15) is 0 Å². The summed E-state index contributed by atoms with van der Waals surface area (Å²) < 4.78 is 22.2. The topological polar surface area (TPSA) is 57.2 Å². The number of nitrogens with zero attached hydrogens (tertiary/aromatic N) is 1. The first-order valence-electron chi connectivity index (χ1n) is 8.49. The summed E-state index contributed by atoms with van der Waals surface area (Å²) in [7, 11) is 1.60. The van der Waals surface area contributed by atoms with Crippen LogP contribution in [-0.4, -0.2) is 56.6 Å². The van der Waals surface area contributed by atoms with Crippen LogP contribution >= 0.6 is 0 Å². The Hall–Kier alpha value is -1.79. The third-order valence-corrected chi connectivity index (χ3v) is 4.50. The maximum absolute atomic E-state index is 12.7. The average Bonchev–Trinajstić information content (AvgIpc) is 3.14. The highest BCUT2D eigenvalue weighted by Gasteiger charge is 2.36. The van der Waals surface area contributed by atoms with Gasteiger partial charge < -0.3 is 23.8 Å². The first-order valence-corrected chi connectivity index (χ1v) is 8.49. The van der Waals surface area contributed by atoms with E-state index in [1.54, 1.807) is 7.11 Å². The van der Waals surface area contributed by atoms with Crippen molar-refractivity contribution in [1.29, 1.82) is 0 Å². The molecule has 2 aliphatic rings. The fraction of sp³-hybridized carbons (Fsp3) is 0.611. The number of piperidine rings is 1. The van der Waals surface area contributed by atoms with Gasteiger partial charge in [0.2, 0.25) is 0 Å². The Kier molecular flexibility index (Phi) is 5.58. The van der Waals surface area contributed by atoms with Crippen LogP contribution in [0.25, 0.3) is 0 Å². The van der Waals surface area contributed by atoms with E-state index in [-0.39, 0.29) is 24.8 Å². The van der Waals surface area contributed by atoms with Gasteiger partial charge in [-0.3, -0.25) is 4.79 Å². The maximum Gasteiger partial charge on any atom is 0.260 e. The molecule has 2 heterocycles. The van der Waals surface area contributed by atoms with Crippen LogP contribution in [0.2, 0.25) is 0 Å². The van der Waals surface area contributed by atoms with Crippen molar-refractivity contribution in [3.05, 3.63) is 23.8 Å². The van der Waals surface area contributed by atoms with Crippen molar-refractivity contribution in [2.75, 3.05) is 33.5 Å². The molecule has 2 aliphatic heterocycles. The molecule has 6 heteroatoms. The number of hydrogen-bond acceptors (Lipinski definition) is 5. The lowest BCUT2D eigenvalue weighted by Crippen LogP contribution is -2.51. The van der Waals surface area contributed by atoms with E-state index in [2.05, 4.69) is 0 Å². The summed E-state index contributed by atoms with van der Waals surface area (Å²) in [5, 5.41) is 0. The van der Waals surface area contributed by atoms with Crippen LogP contribution in [-0.2, 0) is 14.3 Å². The molecule has 2 saturated heterocycles. The van der Waals surface area contributed by atoms with Gasteiger partial charge in [-0.15, -0.1) is 0 Å². The Morgan fingerprint density at radius 1 is 1.25 bits per heavy atom. The third kappa shape index (κ3) is 3.82. The average molecular weight is 335 g/mol. The third-order valence-electron chi connectivity index (χ3n) is 4.50. The highest BCUT2D eigenvalue weighted by molar-refractivity contribution is 5.78. The largest absolute Gasteiger partial charge is 0.493 e. The monoisotopic (exact) mass is 335 g/mol. The van der Waals surface area contributed by atoms with Crippen LogP contribution in [0, 0.1) is 6.92 Å². The van der Waals surface area contributed by atoms with Gasteiger partial charge in [-0.2, -0.15) is 0 Å². The van der Waals surface area contributed by atoms with Crippen LogP contribution < -0.4 is 9.47 Å². The molecule has 1 aromatic rings. The molecule has 132 valence electrons. The molecular weight excluding hydrogens is 310 g/mol. The minimum Gasteiger partial charge on any atom is -0.493 e. The van der Waals surface area contributed by atoms with Crippen LogP contribution in [0.5, 0.6) is 11.5 Å². The van der Waals surface area contributed by atoms with Crippen molar-refractivity contribution in [1.82, 2.24) is 4.90 Å². The fourth-order valence-electron chi connectivity index (χ4n) is 3.27. The maximum atomic E-state index is 12.7. The van der Waals surface area contributed by atoms with E-state index in [1.165, 1.54) is 0 Å². The number of amides is 1. The summed E-state index contributed by atoms with van der Waals surface area (Å²) >= 11 is 0. The smallest absolute Gasteiger partial charge is 0.260 e. The number of methoxy groups -OCH3 is 1. The Labute approximate surface area is 142 Å². The highest BCUT2D eigenvalue weighted by atomic mass is 16.7. The van der Waals surface area contributed by atoms with Gasteiger partial charge in [-0.05, 0) is 43.9 Å². The molecule has 24 heavy (non-hydrogen) atoms. The van der Waals surface area contributed by atoms with E-state index in [9.17, 15) is 4.79 Å². The summed E-state index contributed by atoms with van der Waals surface area (Å²) in [6.07, 6.45) is 2.69. The van der Waals surface area contributed by atoms with E-state index in [1.807, 2.05) is 30.0 Å². The predicted molar refractivity (Wildman–Crippen MR) is 88.3 cm³/mol. The minimum atomic E-state index is -0.303. The summed E-state index contributed by atoms with van der Waals surface area (Å²) in [6, 6.07) is 5.64. The standard InChI is InChI=1S/C18H25NO5/c1-13-6-7-15(16(11-13)21-2)24-12-17(20)19-8-4-3-5-14(19)18-22-9-10-23-18/h6-7,11,14,18H,3-5,8-10,12H2,1-2H3. The van der Waals surface area contributed by atoms with Gasteiger partial charge >= 0.3 is 0 Å². The SMILES string of the molecule is COc1cc(C)ccc1OCC(=O)N1CCCCC1C1OCCO1. The highest BCUT2D eigenvalue weighted by Crippen LogP contribution is 2.28. The van der Waals surface area contributed by atoms with Gasteiger partial charge in [0, 0.05) is 6.54 Å². The zero-order chi connectivity index (χ0) is 16.9. The quantitative estimate of drug-likeness (QED) is 0.825. The second kappa shape index (κ2) is 7.85. The van der Waals surface area contributed by atoms with Gasteiger partial charge in [0.25, 0.3) is 5.91 Å². The zero-order valence-corrected chi connectivity index (χ0v) is 14.3. The molecule has 0 aromatic heterocycles. The van der Waals surface area contributed by atoms with E-state index in [0.29, 0.717) is 24.7 Å². The van der Waals surface area contributed by atoms with Crippen LogP contribution in [0.4, 0.5) is 0 Å². The summed E-state index contributed by atoms with van der Waals surface area (Å²) in [4.78, 5) is 14.5. The van der Waals surface area contributed by atoms with E-state index in [4.69, 9.17) is 18.9 Å². The van der Waals surface area contributed by atoms with E-state index >= 15 is 0 Å². The Bertz CT molecular complexity index is 571. The minimum absolute atomic E-state index is 0.0113. The van der Waals surface area contributed by atoms with Crippen molar-refractivity contribution in [3.8, 4) is 11.5 Å². The molecule has 1 unspecified atom stereocenters. The molecule has 0 N–H and O–H groups in total. The molecule has 6 nitrogen and oxygen atoms in total. The molecule has 3 rings (SSSR count). The number of benzene rings is 1. The van der Waals surface area contributed by atoms with Crippen LogP contribution in [0.3, 0.4) is 0 Å². The number of carbonyl (C=O) groups is 1. The first-order chi connectivity index (χ1) is 11.7. The van der Waals surface area contributed by atoms with Gasteiger partial charge in [0.05, 0.1) is 26.4 Å².